The number of benzene rings is 1. The molecule has 0 N–H and O–H groups in total. The van der Waals surface area contributed by atoms with Crippen LogP contribution >= 0.6 is 11.3 Å². The van der Waals surface area contributed by atoms with Gasteiger partial charge in [-0.25, -0.2) is 8.42 Å². The molecule has 9 heteroatoms. The molecule has 1 saturated heterocycles. The summed E-state index contributed by atoms with van der Waals surface area (Å²) in [6, 6.07) is 6.77. The van der Waals surface area contributed by atoms with Gasteiger partial charge in [-0.1, -0.05) is 6.92 Å². The highest BCUT2D eigenvalue weighted by Crippen LogP contribution is 2.34. The number of piperazine rings is 1. The van der Waals surface area contributed by atoms with Crippen molar-refractivity contribution in [2.75, 3.05) is 40.4 Å². The van der Waals surface area contributed by atoms with E-state index in [-0.39, 0.29) is 29.6 Å². The number of sulfonamides is 1. The first-order valence-corrected chi connectivity index (χ1v) is 12.7. The molecule has 2 aliphatic rings. The number of hydrogen-bond donors (Lipinski definition) is 0. The zero-order valence-electron chi connectivity index (χ0n) is 18.1. The van der Waals surface area contributed by atoms with E-state index in [1.807, 2.05) is 6.07 Å². The summed E-state index contributed by atoms with van der Waals surface area (Å²) in [6.07, 6.45) is 3.25. The highest BCUT2D eigenvalue weighted by atomic mass is 32.2. The average molecular weight is 465 g/mol. The lowest BCUT2D eigenvalue weighted by Crippen LogP contribution is -2.50. The third-order valence-corrected chi connectivity index (χ3v) is 9.20. The minimum absolute atomic E-state index is 0.00284. The zero-order valence-corrected chi connectivity index (χ0v) is 19.7. The van der Waals surface area contributed by atoms with Gasteiger partial charge < -0.3 is 14.4 Å². The summed E-state index contributed by atoms with van der Waals surface area (Å²) in [7, 11) is -0.832. The fourth-order valence-electron chi connectivity index (χ4n) is 4.22. The van der Waals surface area contributed by atoms with Crippen molar-refractivity contribution in [1.29, 1.82) is 0 Å². The predicted molar refractivity (Wildman–Crippen MR) is 120 cm³/mol. The molecule has 2 aromatic rings. The van der Waals surface area contributed by atoms with Crippen LogP contribution in [0.1, 0.15) is 33.5 Å². The lowest BCUT2D eigenvalue weighted by atomic mass is 9.90. The summed E-state index contributed by atoms with van der Waals surface area (Å²) in [6.45, 7) is 3.47. The maximum atomic E-state index is 13.2. The maximum Gasteiger partial charge on any atom is 0.264 e. The van der Waals surface area contributed by atoms with Crippen LogP contribution < -0.4 is 9.47 Å². The summed E-state index contributed by atoms with van der Waals surface area (Å²) >= 11 is 1.60. The molecule has 0 saturated carbocycles. The van der Waals surface area contributed by atoms with E-state index in [2.05, 4.69) is 6.92 Å². The van der Waals surface area contributed by atoms with E-state index in [1.54, 1.807) is 28.4 Å². The van der Waals surface area contributed by atoms with Gasteiger partial charge >= 0.3 is 0 Å². The number of nitrogens with zero attached hydrogens (tertiary/aromatic N) is 2. The van der Waals surface area contributed by atoms with Gasteiger partial charge in [-0.05, 0) is 48.9 Å². The van der Waals surface area contributed by atoms with Gasteiger partial charge in [-0.2, -0.15) is 4.31 Å². The molecule has 0 radical (unpaired) electrons. The van der Waals surface area contributed by atoms with Gasteiger partial charge in [-0.3, -0.25) is 4.79 Å². The monoisotopic (exact) mass is 464 g/mol. The maximum absolute atomic E-state index is 13.2. The Balaban J connectivity index is 1.47. The number of aryl methyl sites for hydroxylation is 1. The third kappa shape index (κ3) is 4.31. The second kappa shape index (κ2) is 8.80. The molecule has 168 valence electrons. The summed E-state index contributed by atoms with van der Waals surface area (Å²) < 4.78 is 38.3. The van der Waals surface area contributed by atoms with Crippen molar-refractivity contribution in [2.45, 2.75) is 31.1 Å². The number of thiophene rings is 1. The first-order chi connectivity index (χ1) is 14.8. The summed E-state index contributed by atoms with van der Waals surface area (Å²) in [5, 5.41) is 0. The summed E-state index contributed by atoms with van der Waals surface area (Å²) in [4.78, 5) is 17.0. The lowest BCUT2D eigenvalue weighted by Gasteiger charge is -2.34. The van der Waals surface area contributed by atoms with Crippen molar-refractivity contribution < 1.29 is 22.7 Å². The number of rotatable bonds is 5. The lowest BCUT2D eigenvalue weighted by molar-refractivity contribution is 0.0702. The van der Waals surface area contributed by atoms with E-state index in [4.69, 9.17) is 9.47 Å². The normalized spacial score (nSPS) is 19.7. The predicted octanol–water partition coefficient (Wildman–Crippen LogP) is 3.04. The number of carbonyl (C=O) groups excluding carboxylic acids is 1. The number of carbonyl (C=O) groups is 1. The van der Waals surface area contributed by atoms with Crippen LogP contribution in [0.4, 0.5) is 0 Å². The van der Waals surface area contributed by atoms with Crippen molar-refractivity contribution in [3.8, 4) is 11.5 Å². The van der Waals surface area contributed by atoms with Crippen LogP contribution in [-0.4, -0.2) is 63.9 Å². The molecule has 31 heavy (non-hydrogen) atoms. The Labute approximate surface area is 187 Å². The molecule has 1 aromatic carbocycles. The van der Waals surface area contributed by atoms with Gasteiger partial charge in [0.1, 0.15) is 16.4 Å². The number of ether oxygens (including phenoxy) is 2. The second-order valence-electron chi connectivity index (χ2n) is 8.12. The average Bonchev–Trinajstić information content (AvgIpc) is 3.21. The van der Waals surface area contributed by atoms with Crippen molar-refractivity contribution >= 4 is 27.3 Å². The molecule has 1 aromatic heterocycles. The van der Waals surface area contributed by atoms with Crippen molar-refractivity contribution in [3.63, 3.8) is 0 Å². The molecule has 1 fully saturated rings. The van der Waals surface area contributed by atoms with Crippen LogP contribution in [-0.2, 0) is 22.9 Å². The summed E-state index contributed by atoms with van der Waals surface area (Å²) in [5.41, 5.74) is 1.30. The molecule has 0 spiro atoms. The Kier molecular flexibility index (Phi) is 6.27. The molecule has 7 nitrogen and oxygen atoms in total. The fourth-order valence-corrected chi connectivity index (χ4v) is 6.99. The van der Waals surface area contributed by atoms with Crippen molar-refractivity contribution in [3.05, 3.63) is 39.6 Å². The SMILES string of the molecule is COc1ccc(OC)c(S(=O)(=O)N2CCN(C(=O)c3cc4c(s3)CC[C@@H](C)C4)CC2)c1. The van der Waals surface area contributed by atoms with Crippen LogP contribution in [0.3, 0.4) is 0 Å². The van der Waals surface area contributed by atoms with Crippen LogP contribution in [0.2, 0.25) is 0 Å². The van der Waals surface area contributed by atoms with Gasteiger partial charge in [-0.15, -0.1) is 11.3 Å². The van der Waals surface area contributed by atoms with E-state index in [9.17, 15) is 13.2 Å². The highest BCUT2D eigenvalue weighted by molar-refractivity contribution is 7.89. The molecule has 0 unspecified atom stereocenters. The van der Waals surface area contributed by atoms with E-state index in [1.165, 1.54) is 41.5 Å². The molecule has 4 rings (SSSR count). The van der Waals surface area contributed by atoms with Crippen molar-refractivity contribution in [1.82, 2.24) is 9.21 Å². The fraction of sp³-hybridized carbons (Fsp3) is 0.500. The first-order valence-electron chi connectivity index (χ1n) is 10.5. The van der Waals surface area contributed by atoms with Crippen LogP contribution in [0.5, 0.6) is 11.5 Å². The van der Waals surface area contributed by atoms with Crippen LogP contribution in [0, 0.1) is 5.92 Å². The Morgan fingerprint density at radius 2 is 1.84 bits per heavy atom. The van der Waals surface area contributed by atoms with E-state index >= 15 is 0 Å². The molecule has 2 heterocycles. The Morgan fingerprint density at radius 1 is 1.10 bits per heavy atom. The van der Waals surface area contributed by atoms with Gasteiger partial charge in [0.2, 0.25) is 10.0 Å². The zero-order chi connectivity index (χ0) is 22.2. The number of methoxy groups -OCH3 is 2. The molecule has 1 atom stereocenters. The van der Waals surface area contributed by atoms with Gasteiger partial charge in [0.15, 0.2) is 0 Å². The van der Waals surface area contributed by atoms with E-state index in [0.717, 1.165) is 17.7 Å². The minimum atomic E-state index is -3.77. The molecule has 0 bridgehead atoms. The quantitative estimate of drug-likeness (QED) is 0.680. The Morgan fingerprint density at radius 3 is 2.52 bits per heavy atom. The number of amides is 1. The summed E-state index contributed by atoms with van der Waals surface area (Å²) in [5.74, 6) is 1.39. The van der Waals surface area contributed by atoms with E-state index < -0.39 is 10.0 Å². The topological polar surface area (TPSA) is 76.2 Å². The third-order valence-electron chi connectivity index (χ3n) is 6.05. The number of hydrogen-bond acceptors (Lipinski definition) is 6. The Hall–Kier alpha value is -2.10. The van der Waals surface area contributed by atoms with Crippen LogP contribution in [0.15, 0.2) is 29.2 Å². The highest BCUT2D eigenvalue weighted by Gasteiger charge is 2.33. The smallest absolute Gasteiger partial charge is 0.264 e. The van der Waals surface area contributed by atoms with Crippen molar-refractivity contribution in [2.24, 2.45) is 5.92 Å². The number of fused-ring (bicyclic) bond motifs is 1. The molecular weight excluding hydrogens is 436 g/mol. The standard InChI is InChI=1S/C22H28N2O5S2/c1-15-4-7-19-16(12-15)13-20(30-19)22(25)23-8-10-24(11-9-23)31(26,27)21-14-17(28-2)5-6-18(21)29-3/h5-6,13-15H,4,7-12H2,1-3H3/t15-/m1/s1. The molecule has 1 aliphatic heterocycles. The minimum Gasteiger partial charge on any atom is -0.497 e. The molecule has 1 amide bonds. The largest absolute Gasteiger partial charge is 0.497 e. The van der Waals surface area contributed by atoms with Gasteiger partial charge in [0.05, 0.1) is 19.1 Å². The van der Waals surface area contributed by atoms with E-state index in [0.29, 0.717) is 24.8 Å². The second-order valence-corrected chi connectivity index (χ2v) is 11.2. The van der Waals surface area contributed by atoms with Gasteiger partial charge in [0, 0.05) is 37.1 Å². The van der Waals surface area contributed by atoms with Crippen LogP contribution in [0.25, 0.3) is 0 Å². The first kappa shape index (κ1) is 22.1. The molecule has 1 aliphatic carbocycles. The Bertz CT molecular complexity index is 1070. The van der Waals surface area contributed by atoms with Gasteiger partial charge in [0.25, 0.3) is 5.91 Å². The molecular formula is C22H28N2O5S2.